The summed E-state index contributed by atoms with van der Waals surface area (Å²) in [5, 5.41) is 3.39. The van der Waals surface area contributed by atoms with Crippen LogP contribution in [-0.4, -0.2) is 38.8 Å². The van der Waals surface area contributed by atoms with Gasteiger partial charge in [-0.25, -0.2) is 4.39 Å². The second-order valence-electron chi connectivity index (χ2n) is 5.65. The van der Waals surface area contributed by atoms with Crippen molar-refractivity contribution in [2.45, 2.75) is 0 Å². The summed E-state index contributed by atoms with van der Waals surface area (Å²) in [5.74, 6) is -0.332. The third-order valence-electron chi connectivity index (χ3n) is 3.84. The van der Waals surface area contributed by atoms with Crippen molar-refractivity contribution in [2.24, 2.45) is 0 Å². The van der Waals surface area contributed by atoms with E-state index in [1.54, 1.807) is 18.2 Å². The molecule has 5 nitrogen and oxygen atoms in total. The lowest BCUT2D eigenvalue weighted by Gasteiger charge is -2.31. The van der Waals surface area contributed by atoms with E-state index in [1.165, 1.54) is 18.2 Å². The van der Waals surface area contributed by atoms with E-state index in [4.69, 9.17) is 21.1 Å². The third-order valence-corrected chi connectivity index (χ3v) is 4.77. The van der Waals surface area contributed by atoms with Crippen molar-refractivity contribution in [1.29, 1.82) is 0 Å². The Balaban J connectivity index is 1.68. The van der Waals surface area contributed by atoms with Crippen molar-refractivity contribution in [2.75, 3.05) is 43.1 Å². The summed E-state index contributed by atoms with van der Waals surface area (Å²) in [6.07, 6.45) is 0. The highest BCUT2D eigenvalue weighted by atomic mass is 79.9. The summed E-state index contributed by atoms with van der Waals surface area (Å²) in [5.41, 5.74) is 1.39. The number of rotatable bonds is 5. The van der Waals surface area contributed by atoms with Gasteiger partial charge in [-0.3, -0.25) is 4.79 Å². The Hall–Kier alpha value is -1.83. The molecule has 3 rings (SSSR count). The number of hydrogen-bond donors (Lipinski definition) is 1. The first-order valence-corrected chi connectivity index (χ1v) is 9.20. The van der Waals surface area contributed by atoms with Gasteiger partial charge in [-0.1, -0.05) is 17.7 Å². The number of carbonyl (C=O) groups excluding carboxylic acids is 1. The first-order chi connectivity index (χ1) is 12.5. The Morgan fingerprint density at radius 2 is 2.08 bits per heavy atom. The molecule has 26 heavy (non-hydrogen) atoms. The van der Waals surface area contributed by atoms with E-state index in [0.717, 1.165) is 5.69 Å². The Morgan fingerprint density at radius 1 is 1.31 bits per heavy atom. The molecular formula is C18H17BrClFN2O3. The van der Waals surface area contributed by atoms with Crippen LogP contribution in [0.15, 0.2) is 40.9 Å². The SMILES string of the molecule is O=C(COc1ccc(F)cc1Br)Nc1cccc(Cl)c1N1CCOCC1. The minimum absolute atomic E-state index is 0.209. The number of benzene rings is 2. The van der Waals surface area contributed by atoms with Gasteiger partial charge in [0.05, 0.1) is 34.1 Å². The van der Waals surface area contributed by atoms with E-state index in [1.807, 2.05) is 0 Å². The number of para-hydroxylation sites is 1. The predicted octanol–water partition coefficient (Wildman–Crippen LogP) is 4.10. The normalized spacial score (nSPS) is 14.2. The van der Waals surface area contributed by atoms with Crippen LogP contribution in [0.25, 0.3) is 0 Å². The van der Waals surface area contributed by atoms with Crippen molar-refractivity contribution in [3.8, 4) is 5.75 Å². The van der Waals surface area contributed by atoms with Gasteiger partial charge >= 0.3 is 0 Å². The first-order valence-electron chi connectivity index (χ1n) is 8.03. The van der Waals surface area contributed by atoms with E-state index >= 15 is 0 Å². The highest BCUT2D eigenvalue weighted by Gasteiger charge is 2.19. The molecule has 2 aromatic rings. The number of hydrogen-bond acceptors (Lipinski definition) is 4. The van der Waals surface area contributed by atoms with Crippen LogP contribution in [0.2, 0.25) is 5.02 Å². The second-order valence-corrected chi connectivity index (χ2v) is 6.91. The van der Waals surface area contributed by atoms with E-state index in [0.29, 0.717) is 47.2 Å². The topological polar surface area (TPSA) is 50.8 Å². The molecule has 0 bridgehead atoms. The second kappa shape index (κ2) is 8.70. The van der Waals surface area contributed by atoms with Gasteiger partial charge in [0.15, 0.2) is 6.61 Å². The Morgan fingerprint density at radius 3 is 2.81 bits per heavy atom. The number of carbonyl (C=O) groups is 1. The number of morpholine rings is 1. The molecule has 1 fully saturated rings. The van der Waals surface area contributed by atoms with Gasteiger partial charge in [-0.2, -0.15) is 0 Å². The quantitative estimate of drug-likeness (QED) is 0.756. The predicted molar refractivity (Wildman–Crippen MR) is 103 cm³/mol. The van der Waals surface area contributed by atoms with Crippen molar-refractivity contribution < 1.29 is 18.7 Å². The number of halogens is 3. The maximum absolute atomic E-state index is 13.1. The van der Waals surface area contributed by atoms with Crippen LogP contribution in [0, 0.1) is 5.82 Å². The van der Waals surface area contributed by atoms with Crippen LogP contribution in [0.5, 0.6) is 5.75 Å². The van der Waals surface area contributed by atoms with Gasteiger partial charge in [-0.15, -0.1) is 0 Å². The number of nitrogens with zero attached hydrogens (tertiary/aromatic N) is 1. The molecule has 0 spiro atoms. The minimum atomic E-state index is -0.386. The van der Waals surface area contributed by atoms with E-state index < -0.39 is 0 Å². The van der Waals surface area contributed by atoms with Crippen LogP contribution in [0.3, 0.4) is 0 Å². The van der Waals surface area contributed by atoms with Gasteiger partial charge in [0.25, 0.3) is 5.91 Å². The van der Waals surface area contributed by atoms with Crippen LogP contribution in [0.4, 0.5) is 15.8 Å². The molecular weight excluding hydrogens is 427 g/mol. The molecule has 2 aromatic carbocycles. The molecule has 0 unspecified atom stereocenters. The number of amides is 1. The smallest absolute Gasteiger partial charge is 0.262 e. The number of ether oxygens (including phenoxy) is 2. The molecule has 0 atom stereocenters. The maximum Gasteiger partial charge on any atom is 0.262 e. The zero-order valence-electron chi connectivity index (χ0n) is 13.8. The summed E-state index contributed by atoms with van der Waals surface area (Å²) in [6, 6.07) is 9.37. The zero-order chi connectivity index (χ0) is 18.5. The highest BCUT2D eigenvalue weighted by Crippen LogP contribution is 2.34. The molecule has 8 heteroatoms. The summed E-state index contributed by atoms with van der Waals surface area (Å²) in [6.45, 7) is 2.41. The molecule has 1 amide bonds. The standard InChI is InChI=1S/C18H17BrClFN2O3/c19-13-10-12(21)4-5-16(13)26-11-17(24)22-15-3-1-2-14(20)18(15)23-6-8-25-9-7-23/h1-5,10H,6-9,11H2,(H,22,24). The van der Waals surface area contributed by atoms with Gasteiger partial charge < -0.3 is 19.7 Å². The molecule has 1 heterocycles. The Bertz CT molecular complexity index is 800. The molecule has 0 aliphatic carbocycles. The fourth-order valence-electron chi connectivity index (χ4n) is 2.65. The first kappa shape index (κ1) is 18.9. The van der Waals surface area contributed by atoms with Crippen molar-refractivity contribution in [1.82, 2.24) is 0 Å². The molecule has 0 radical (unpaired) electrons. The zero-order valence-corrected chi connectivity index (χ0v) is 16.1. The largest absolute Gasteiger partial charge is 0.483 e. The summed E-state index contributed by atoms with van der Waals surface area (Å²) < 4.78 is 24.4. The highest BCUT2D eigenvalue weighted by molar-refractivity contribution is 9.10. The molecule has 1 aliphatic rings. The Kier molecular flexibility index (Phi) is 6.34. The van der Waals surface area contributed by atoms with Crippen LogP contribution in [-0.2, 0) is 9.53 Å². The van der Waals surface area contributed by atoms with Gasteiger partial charge in [0, 0.05) is 13.1 Å². The van der Waals surface area contributed by atoms with Crippen molar-refractivity contribution >= 4 is 44.8 Å². The molecule has 1 N–H and O–H groups in total. The average Bonchev–Trinajstić information content (AvgIpc) is 2.62. The van der Waals surface area contributed by atoms with Crippen LogP contribution >= 0.6 is 27.5 Å². The summed E-state index contributed by atoms with van der Waals surface area (Å²) in [7, 11) is 0. The number of anilines is 2. The van der Waals surface area contributed by atoms with Crippen molar-refractivity contribution in [3.63, 3.8) is 0 Å². The average molecular weight is 444 g/mol. The lowest BCUT2D eigenvalue weighted by Crippen LogP contribution is -2.37. The minimum Gasteiger partial charge on any atom is -0.483 e. The van der Waals surface area contributed by atoms with Gasteiger partial charge in [-0.05, 0) is 46.3 Å². The van der Waals surface area contributed by atoms with Crippen LogP contribution in [0.1, 0.15) is 0 Å². The van der Waals surface area contributed by atoms with Crippen molar-refractivity contribution in [3.05, 3.63) is 51.7 Å². The Labute approximate surface area is 164 Å². The fourth-order valence-corrected chi connectivity index (χ4v) is 3.41. The summed E-state index contributed by atoms with van der Waals surface area (Å²) in [4.78, 5) is 14.4. The van der Waals surface area contributed by atoms with E-state index in [9.17, 15) is 9.18 Å². The molecule has 1 saturated heterocycles. The molecule has 1 aliphatic heterocycles. The third kappa shape index (κ3) is 4.66. The van der Waals surface area contributed by atoms with E-state index in [-0.39, 0.29) is 18.3 Å². The fraction of sp³-hybridized carbons (Fsp3) is 0.278. The van der Waals surface area contributed by atoms with Gasteiger partial charge in [0.2, 0.25) is 0 Å². The number of nitrogens with one attached hydrogen (secondary N) is 1. The molecule has 0 saturated carbocycles. The monoisotopic (exact) mass is 442 g/mol. The molecule has 0 aromatic heterocycles. The van der Waals surface area contributed by atoms with Crippen LogP contribution < -0.4 is 15.0 Å². The lowest BCUT2D eigenvalue weighted by atomic mass is 10.2. The van der Waals surface area contributed by atoms with E-state index in [2.05, 4.69) is 26.1 Å². The maximum atomic E-state index is 13.1. The lowest BCUT2D eigenvalue weighted by molar-refractivity contribution is -0.118. The van der Waals surface area contributed by atoms with Gasteiger partial charge in [0.1, 0.15) is 11.6 Å². The molecule has 138 valence electrons. The summed E-state index contributed by atoms with van der Waals surface area (Å²) >= 11 is 9.55.